The SMILES string of the molecule is C=CSCC/C=C\CC. The molecule has 0 bridgehead atoms. The van der Waals surface area contributed by atoms with Gasteiger partial charge >= 0.3 is 0 Å². The average Bonchev–Trinajstić information content (AvgIpc) is 1.89. The van der Waals surface area contributed by atoms with Gasteiger partial charge in [-0.25, -0.2) is 0 Å². The molecule has 0 fully saturated rings. The molecule has 0 spiro atoms. The molecule has 0 nitrogen and oxygen atoms in total. The molecular weight excluding hydrogens is 128 g/mol. The Balaban J connectivity index is 2.90. The minimum Gasteiger partial charge on any atom is -0.134 e. The zero-order valence-electron chi connectivity index (χ0n) is 5.97. The van der Waals surface area contributed by atoms with Crippen LogP contribution in [0.15, 0.2) is 24.1 Å². The van der Waals surface area contributed by atoms with Gasteiger partial charge < -0.3 is 0 Å². The summed E-state index contributed by atoms with van der Waals surface area (Å²) in [5.74, 6) is 1.17. The minimum atomic E-state index is 1.15. The largest absolute Gasteiger partial charge is 0.134 e. The molecule has 0 saturated heterocycles. The van der Waals surface area contributed by atoms with Crippen molar-refractivity contribution in [2.24, 2.45) is 0 Å². The summed E-state index contributed by atoms with van der Waals surface area (Å²) in [7, 11) is 0. The monoisotopic (exact) mass is 142 g/mol. The maximum absolute atomic E-state index is 3.62. The van der Waals surface area contributed by atoms with Crippen LogP contribution >= 0.6 is 11.8 Å². The predicted octanol–water partition coefficient (Wildman–Crippen LogP) is 3.22. The number of rotatable bonds is 5. The molecule has 0 radical (unpaired) electrons. The number of thioether (sulfide) groups is 1. The Labute approximate surface area is 62.0 Å². The van der Waals surface area contributed by atoms with Gasteiger partial charge in [0.1, 0.15) is 0 Å². The van der Waals surface area contributed by atoms with Gasteiger partial charge in [-0.15, -0.1) is 11.8 Å². The van der Waals surface area contributed by atoms with E-state index >= 15 is 0 Å². The van der Waals surface area contributed by atoms with Gasteiger partial charge in [0.2, 0.25) is 0 Å². The third-order valence-electron chi connectivity index (χ3n) is 0.923. The smallest absolute Gasteiger partial charge is 0.000844 e. The Morgan fingerprint density at radius 2 is 2.22 bits per heavy atom. The third-order valence-corrected chi connectivity index (χ3v) is 1.63. The first kappa shape index (κ1) is 8.83. The van der Waals surface area contributed by atoms with Crippen LogP contribution in [0.5, 0.6) is 0 Å². The topological polar surface area (TPSA) is 0 Å². The molecule has 0 unspecified atom stereocenters. The van der Waals surface area contributed by atoms with Gasteiger partial charge in [0, 0.05) is 5.75 Å². The summed E-state index contributed by atoms with van der Waals surface area (Å²) < 4.78 is 0. The molecule has 0 aliphatic carbocycles. The zero-order valence-corrected chi connectivity index (χ0v) is 6.79. The van der Waals surface area contributed by atoms with E-state index in [1.54, 1.807) is 11.8 Å². The molecule has 1 heteroatoms. The van der Waals surface area contributed by atoms with Crippen molar-refractivity contribution < 1.29 is 0 Å². The quantitative estimate of drug-likeness (QED) is 0.419. The van der Waals surface area contributed by atoms with E-state index in [1.807, 2.05) is 5.41 Å². The van der Waals surface area contributed by atoms with Gasteiger partial charge in [-0.3, -0.25) is 0 Å². The van der Waals surface area contributed by atoms with Gasteiger partial charge in [-0.1, -0.05) is 25.7 Å². The maximum atomic E-state index is 3.62. The Morgan fingerprint density at radius 1 is 1.44 bits per heavy atom. The van der Waals surface area contributed by atoms with E-state index in [0.29, 0.717) is 0 Å². The first-order chi connectivity index (χ1) is 4.41. The molecule has 9 heavy (non-hydrogen) atoms. The van der Waals surface area contributed by atoms with Crippen molar-refractivity contribution in [2.75, 3.05) is 5.75 Å². The van der Waals surface area contributed by atoms with Crippen LogP contribution < -0.4 is 0 Å². The third kappa shape index (κ3) is 7.83. The summed E-state index contributed by atoms with van der Waals surface area (Å²) in [6, 6.07) is 0. The van der Waals surface area contributed by atoms with Crippen LogP contribution in [-0.4, -0.2) is 5.75 Å². The lowest BCUT2D eigenvalue weighted by molar-refractivity contribution is 1.17. The molecule has 0 amide bonds. The van der Waals surface area contributed by atoms with E-state index in [4.69, 9.17) is 0 Å². The number of allylic oxidation sites excluding steroid dienone is 2. The second-order valence-corrected chi connectivity index (χ2v) is 2.78. The van der Waals surface area contributed by atoms with Crippen LogP contribution in [0.1, 0.15) is 19.8 Å². The van der Waals surface area contributed by atoms with Gasteiger partial charge in [0.05, 0.1) is 0 Å². The fourth-order valence-corrected chi connectivity index (χ4v) is 0.943. The summed E-state index contributed by atoms with van der Waals surface area (Å²) in [4.78, 5) is 0. The molecule has 0 aliphatic heterocycles. The summed E-state index contributed by atoms with van der Waals surface area (Å²) in [6.07, 6.45) is 6.74. The van der Waals surface area contributed by atoms with Crippen molar-refractivity contribution in [2.45, 2.75) is 19.8 Å². The summed E-state index contributed by atoms with van der Waals surface area (Å²) >= 11 is 1.77. The van der Waals surface area contributed by atoms with Gasteiger partial charge in [0.15, 0.2) is 0 Å². The minimum absolute atomic E-state index is 1.15. The van der Waals surface area contributed by atoms with Crippen molar-refractivity contribution in [1.82, 2.24) is 0 Å². The first-order valence-electron chi connectivity index (χ1n) is 3.29. The van der Waals surface area contributed by atoms with Crippen LogP contribution in [0.25, 0.3) is 0 Å². The predicted molar refractivity (Wildman–Crippen MR) is 46.7 cm³/mol. The van der Waals surface area contributed by atoms with Crippen molar-refractivity contribution in [1.29, 1.82) is 0 Å². The number of hydrogen-bond acceptors (Lipinski definition) is 1. The van der Waals surface area contributed by atoms with Crippen molar-refractivity contribution in [3.8, 4) is 0 Å². The van der Waals surface area contributed by atoms with Crippen molar-refractivity contribution in [3.63, 3.8) is 0 Å². The van der Waals surface area contributed by atoms with Crippen LogP contribution in [0.4, 0.5) is 0 Å². The lowest BCUT2D eigenvalue weighted by atomic mass is 10.4. The molecule has 0 saturated carbocycles. The fraction of sp³-hybridized carbons (Fsp3) is 0.500. The fourth-order valence-electron chi connectivity index (χ4n) is 0.504. The molecule has 52 valence electrons. The molecule has 0 heterocycles. The molecule has 0 atom stereocenters. The highest BCUT2D eigenvalue weighted by molar-refractivity contribution is 8.02. The van der Waals surface area contributed by atoms with E-state index in [9.17, 15) is 0 Å². The molecule has 0 rings (SSSR count). The zero-order chi connectivity index (χ0) is 6.95. The molecule has 0 N–H and O–H groups in total. The van der Waals surface area contributed by atoms with E-state index in [-0.39, 0.29) is 0 Å². The van der Waals surface area contributed by atoms with Crippen LogP contribution in [0.2, 0.25) is 0 Å². The van der Waals surface area contributed by atoms with E-state index in [1.165, 1.54) is 12.2 Å². The van der Waals surface area contributed by atoms with E-state index in [0.717, 1.165) is 6.42 Å². The maximum Gasteiger partial charge on any atom is 0.000844 e. The van der Waals surface area contributed by atoms with Crippen LogP contribution in [0, 0.1) is 0 Å². The van der Waals surface area contributed by atoms with Gasteiger partial charge in [-0.2, -0.15) is 0 Å². The van der Waals surface area contributed by atoms with E-state index < -0.39 is 0 Å². The second-order valence-electron chi connectivity index (χ2n) is 1.71. The Morgan fingerprint density at radius 3 is 2.78 bits per heavy atom. The van der Waals surface area contributed by atoms with Gasteiger partial charge in [-0.05, 0) is 18.2 Å². The normalized spacial score (nSPS) is 10.3. The Hall–Kier alpha value is -0.170. The lowest BCUT2D eigenvalue weighted by Crippen LogP contribution is -1.69. The second kappa shape index (κ2) is 7.83. The highest BCUT2D eigenvalue weighted by atomic mass is 32.2. The van der Waals surface area contributed by atoms with E-state index in [2.05, 4.69) is 25.7 Å². The van der Waals surface area contributed by atoms with Crippen molar-refractivity contribution >= 4 is 11.8 Å². The lowest BCUT2D eigenvalue weighted by Gasteiger charge is -1.87. The first-order valence-corrected chi connectivity index (χ1v) is 4.34. The van der Waals surface area contributed by atoms with Crippen molar-refractivity contribution in [3.05, 3.63) is 24.1 Å². The Kier molecular flexibility index (Phi) is 7.68. The molecular formula is C8H14S. The molecule has 0 aromatic heterocycles. The summed E-state index contributed by atoms with van der Waals surface area (Å²) in [5, 5.41) is 1.89. The highest BCUT2D eigenvalue weighted by Crippen LogP contribution is 2.02. The molecule has 0 aliphatic rings. The summed E-state index contributed by atoms with van der Waals surface area (Å²) in [5.41, 5.74) is 0. The Bertz CT molecular complexity index is 84.6. The van der Waals surface area contributed by atoms with Crippen LogP contribution in [0.3, 0.4) is 0 Å². The summed E-state index contributed by atoms with van der Waals surface area (Å²) in [6.45, 7) is 5.77. The standard InChI is InChI=1S/C8H14S/c1-3-5-6-7-8-9-4-2/h4-6H,2-3,7-8H2,1H3/b6-5-. The van der Waals surface area contributed by atoms with Gasteiger partial charge in [0.25, 0.3) is 0 Å². The average molecular weight is 142 g/mol. The number of hydrogen-bond donors (Lipinski definition) is 0. The molecule has 0 aromatic rings. The highest BCUT2D eigenvalue weighted by Gasteiger charge is 1.76. The molecule has 0 aromatic carbocycles. The van der Waals surface area contributed by atoms with Crippen LogP contribution in [-0.2, 0) is 0 Å².